The highest BCUT2D eigenvalue weighted by Crippen LogP contribution is 2.33. The Morgan fingerprint density at radius 1 is 1.00 bits per heavy atom. The lowest BCUT2D eigenvalue weighted by Gasteiger charge is -2.16. The van der Waals surface area contributed by atoms with Crippen LogP contribution in [0.4, 0.5) is 21.5 Å². The number of nitrogens with one attached hydrogen (secondary N) is 2. The Labute approximate surface area is 216 Å². The van der Waals surface area contributed by atoms with Gasteiger partial charge in [0, 0.05) is 11.3 Å². The fourth-order valence-electron chi connectivity index (χ4n) is 3.55. The molecule has 0 aromatic heterocycles. The molecule has 0 aliphatic carbocycles. The minimum Gasteiger partial charge on any atom is -0.492 e. The van der Waals surface area contributed by atoms with Crippen LogP contribution >= 0.6 is 23.2 Å². The van der Waals surface area contributed by atoms with Gasteiger partial charge in [0.05, 0.1) is 23.0 Å². The standard InChI is InChI=1S/C26H20Cl2FN3O4/c1-3-36-21-7-5-4-6-19(21)31-24(33)15-9-8-14(2)20(12-15)30-23-22(28)25(34)32(26(23)35)16-10-11-18(29)17(27)13-16/h4-13,30H,3H2,1-2H3,(H,31,33). The number of imide groups is 1. The number of carbonyl (C=O) groups is 3. The van der Waals surface area contributed by atoms with E-state index >= 15 is 0 Å². The molecular formula is C26H20Cl2FN3O4. The van der Waals surface area contributed by atoms with E-state index in [0.717, 1.165) is 17.0 Å². The lowest BCUT2D eigenvalue weighted by Crippen LogP contribution is -2.32. The van der Waals surface area contributed by atoms with Crippen LogP contribution in [0.3, 0.4) is 0 Å². The van der Waals surface area contributed by atoms with Crippen LogP contribution in [-0.4, -0.2) is 24.3 Å². The molecule has 0 fully saturated rings. The molecule has 4 rings (SSSR count). The number of rotatable bonds is 7. The van der Waals surface area contributed by atoms with Crippen molar-refractivity contribution in [1.82, 2.24) is 0 Å². The van der Waals surface area contributed by atoms with Crippen molar-refractivity contribution in [3.63, 3.8) is 0 Å². The molecule has 0 atom stereocenters. The van der Waals surface area contributed by atoms with Crippen molar-refractivity contribution >= 4 is 58.0 Å². The maximum Gasteiger partial charge on any atom is 0.283 e. The van der Waals surface area contributed by atoms with Gasteiger partial charge in [0.1, 0.15) is 22.3 Å². The van der Waals surface area contributed by atoms with E-state index in [1.54, 1.807) is 49.4 Å². The van der Waals surface area contributed by atoms with E-state index < -0.39 is 23.5 Å². The molecule has 1 aliphatic heterocycles. The fourth-order valence-corrected chi connectivity index (χ4v) is 3.94. The number of anilines is 3. The number of amides is 3. The molecule has 0 radical (unpaired) electrons. The van der Waals surface area contributed by atoms with Crippen LogP contribution < -0.4 is 20.3 Å². The summed E-state index contributed by atoms with van der Waals surface area (Å²) < 4.78 is 19.1. The Bertz CT molecular complexity index is 1420. The second-order valence-electron chi connectivity index (χ2n) is 7.77. The minimum absolute atomic E-state index is 0.0733. The van der Waals surface area contributed by atoms with Gasteiger partial charge < -0.3 is 15.4 Å². The summed E-state index contributed by atoms with van der Waals surface area (Å²) in [4.78, 5) is 39.5. The number of carbonyl (C=O) groups excluding carboxylic acids is 3. The molecule has 184 valence electrons. The third-order valence-electron chi connectivity index (χ3n) is 5.38. The Kier molecular flexibility index (Phi) is 7.28. The van der Waals surface area contributed by atoms with Crippen LogP contribution in [0.15, 0.2) is 71.4 Å². The van der Waals surface area contributed by atoms with Crippen molar-refractivity contribution in [1.29, 1.82) is 0 Å². The van der Waals surface area contributed by atoms with Crippen molar-refractivity contribution in [2.24, 2.45) is 0 Å². The number of benzene rings is 3. The van der Waals surface area contributed by atoms with Gasteiger partial charge in [0.25, 0.3) is 17.7 Å². The second kappa shape index (κ2) is 10.4. The zero-order chi connectivity index (χ0) is 26.0. The Balaban J connectivity index is 1.58. The SMILES string of the molecule is CCOc1ccccc1NC(=O)c1ccc(C)c(NC2=C(Cl)C(=O)N(c3ccc(F)c(Cl)c3)C2=O)c1. The molecule has 2 N–H and O–H groups in total. The van der Waals surface area contributed by atoms with Crippen LogP contribution in [0.5, 0.6) is 5.75 Å². The van der Waals surface area contributed by atoms with E-state index in [-0.39, 0.29) is 21.4 Å². The van der Waals surface area contributed by atoms with E-state index in [1.165, 1.54) is 6.07 Å². The summed E-state index contributed by atoms with van der Waals surface area (Å²) in [5, 5.41) is 5.10. The van der Waals surface area contributed by atoms with Gasteiger partial charge in [-0.2, -0.15) is 0 Å². The third kappa shape index (κ3) is 4.91. The van der Waals surface area contributed by atoms with E-state index in [4.69, 9.17) is 27.9 Å². The van der Waals surface area contributed by atoms with Crippen LogP contribution in [-0.2, 0) is 9.59 Å². The van der Waals surface area contributed by atoms with Gasteiger partial charge in [-0.25, -0.2) is 9.29 Å². The van der Waals surface area contributed by atoms with Gasteiger partial charge in [-0.15, -0.1) is 0 Å². The zero-order valence-electron chi connectivity index (χ0n) is 19.2. The van der Waals surface area contributed by atoms with Crippen LogP contribution in [0.25, 0.3) is 0 Å². The van der Waals surface area contributed by atoms with Gasteiger partial charge in [0.2, 0.25) is 0 Å². The van der Waals surface area contributed by atoms with Gasteiger partial charge in [-0.3, -0.25) is 14.4 Å². The first-order valence-corrected chi connectivity index (χ1v) is 11.6. The van der Waals surface area contributed by atoms with E-state index in [1.807, 2.05) is 6.92 Å². The average Bonchev–Trinajstić information content (AvgIpc) is 3.06. The predicted octanol–water partition coefficient (Wildman–Crippen LogP) is 5.87. The zero-order valence-corrected chi connectivity index (χ0v) is 20.7. The Morgan fingerprint density at radius 2 is 1.75 bits per heavy atom. The highest BCUT2D eigenvalue weighted by Gasteiger charge is 2.39. The first kappa shape index (κ1) is 25.2. The van der Waals surface area contributed by atoms with Crippen molar-refractivity contribution in [2.75, 3.05) is 22.1 Å². The van der Waals surface area contributed by atoms with Crippen molar-refractivity contribution < 1.29 is 23.5 Å². The number of para-hydroxylation sites is 2. The highest BCUT2D eigenvalue weighted by atomic mass is 35.5. The van der Waals surface area contributed by atoms with Crippen molar-refractivity contribution in [2.45, 2.75) is 13.8 Å². The summed E-state index contributed by atoms with van der Waals surface area (Å²) in [5.74, 6) is -2.08. The molecule has 0 spiro atoms. The maximum absolute atomic E-state index is 13.6. The van der Waals surface area contributed by atoms with Crippen LogP contribution in [0.1, 0.15) is 22.8 Å². The van der Waals surface area contributed by atoms with Crippen molar-refractivity contribution in [3.8, 4) is 5.75 Å². The van der Waals surface area contributed by atoms with E-state index in [0.29, 0.717) is 34.9 Å². The number of ether oxygens (including phenoxy) is 1. The van der Waals surface area contributed by atoms with Crippen LogP contribution in [0.2, 0.25) is 5.02 Å². The Hall–Kier alpha value is -3.88. The fraction of sp³-hybridized carbons (Fsp3) is 0.115. The molecular weight excluding hydrogens is 508 g/mol. The van der Waals surface area contributed by atoms with Crippen molar-refractivity contribution in [3.05, 3.63) is 93.4 Å². The Morgan fingerprint density at radius 3 is 2.47 bits per heavy atom. The van der Waals surface area contributed by atoms with Gasteiger partial charge >= 0.3 is 0 Å². The molecule has 3 aromatic carbocycles. The highest BCUT2D eigenvalue weighted by molar-refractivity contribution is 6.53. The lowest BCUT2D eigenvalue weighted by molar-refractivity contribution is -0.120. The maximum atomic E-state index is 13.6. The average molecular weight is 528 g/mol. The molecule has 7 nitrogen and oxygen atoms in total. The van der Waals surface area contributed by atoms with Crippen LogP contribution in [0, 0.1) is 12.7 Å². The summed E-state index contributed by atoms with van der Waals surface area (Å²) >= 11 is 12.0. The summed E-state index contributed by atoms with van der Waals surface area (Å²) in [7, 11) is 0. The predicted molar refractivity (Wildman–Crippen MR) is 137 cm³/mol. The van der Waals surface area contributed by atoms with Gasteiger partial charge in [-0.05, 0) is 61.9 Å². The van der Waals surface area contributed by atoms with E-state index in [9.17, 15) is 18.8 Å². The quantitative estimate of drug-likeness (QED) is 0.375. The number of hydrogen-bond acceptors (Lipinski definition) is 5. The van der Waals surface area contributed by atoms with Gasteiger partial charge in [0.15, 0.2) is 0 Å². The third-order valence-corrected chi connectivity index (χ3v) is 6.02. The number of nitrogens with zero attached hydrogens (tertiary/aromatic N) is 1. The first-order chi connectivity index (χ1) is 17.2. The normalized spacial score (nSPS) is 13.3. The molecule has 0 saturated carbocycles. The second-order valence-corrected chi connectivity index (χ2v) is 8.56. The smallest absolute Gasteiger partial charge is 0.283 e. The molecule has 3 amide bonds. The number of hydrogen-bond donors (Lipinski definition) is 2. The molecule has 0 bridgehead atoms. The largest absolute Gasteiger partial charge is 0.492 e. The summed E-state index contributed by atoms with van der Waals surface area (Å²) in [6.45, 7) is 4.05. The number of halogens is 3. The molecule has 3 aromatic rings. The lowest BCUT2D eigenvalue weighted by atomic mass is 10.1. The minimum atomic E-state index is -0.786. The monoisotopic (exact) mass is 527 g/mol. The molecule has 1 aliphatic rings. The topological polar surface area (TPSA) is 87.7 Å². The first-order valence-electron chi connectivity index (χ1n) is 10.9. The molecule has 0 saturated heterocycles. The van der Waals surface area contributed by atoms with E-state index in [2.05, 4.69) is 10.6 Å². The molecule has 1 heterocycles. The summed E-state index contributed by atoms with van der Waals surface area (Å²) in [6, 6.07) is 15.4. The summed E-state index contributed by atoms with van der Waals surface area (Å²) in [5.41, 5.74) is 1.80. The summed E-state index contributed by atoms with van der Waals surface area (Å²) in [6.07, 6.45) is 0. The molecule has 36 heavy (non-hydrogen) atoms. The molecule has 10 heteroatoms. The molecule has 0 unspecified atom stereocenters. The number of aryl methyl sites for hydroxylation is 1. The van der Waals surface area contributed by atoms with Gasteiger partial charge in [-0.1, -0.05) is 41.4 Å².